The van der Waals surface area contributed by atoms with E-state index in [1.165, 1.54) is 0 Å². The molecule has 4 nitrogen and oxygen atoms in total. The van der Waals surface area contributed by atoms with Crippen molar-refractivity contribution < 1.29 is 9.53 Å². The zero-order valence-corrected chi connectivity index (χ0v) is 15.9. The predicted molar refractivity (Wildman–Crippen MR) is 93.2 cm³/mol. The van der Waals surface area contributed by atoms with Gasteiger partial charge in [-0.2, -0.15) is 0 Å². The molecule has 0 aromatic heterocycles. The van der Waals surface area contributed by atoms with Crippen molar-refractivity contribution in [3.63, 3.8) is 0 Å². The van der Waals surface area contributed by atoms with Gasteiger partial charge in [-0.15, -0.1) is 0 Å². The molecule has 1 saturated heterocycles. The summed E-state index contributed by atoms with van der Waals surface area (Å²) in [4.78, 5) is 14.4. The Morgan fingerprint density at radius 3 is 2.30 bits per heavy atom. The predicted octanol–water partition coefficient (Wildman–Crippen LogP) is 3.57. The summed E-state index contributed by atoms with van der Waals surface area (Å²) in [5, 5.41) is 2.83. The Morgan fingerprint density at radius 1 is 1.20 bits per heavy atom. The van der Waals surface area contributed by atoms with Crippen LogP contribution in [0.5, 0.6) is 0 Å². The van der Waals surface area contributed by atoms with Crippen LogP contribution in [0.25, 0.3) is 0 Å². The molecule has 1 N–H and O–H groups in total. The summed E-state index contributed by atoms with van der Waals surface area (Å²) in [6.45, 7) is 2.49. The lowest BCUT2D eigenvalue weighted by Gasteiger charge is -2.28. The summed E-state index contributed by atoms with van der Waals surface area (Å²) in [5.74, 6) is -0.286. The van der Waals surface area contributed by atoms with Gasteiger partial charge >= 0.3 is 0 Å². The maximum atomic E-state index is 12.2. The van der Waals surface area contributed by atoms with Crippen LogP contribution in [-0.2, 0) is 9.53 Å². The number of nitrogens with zero attached hydrogens (tertiary/aromatic N) is 1. The van der Waals surface area contributed by atoms with Crippen LogP contribution in [0.2, 0.25) is 0 Å². The van der Waals surface area contributed by atoms with Gasteiger partial charge in [-0.05, 0) is 44.0 Å². The van der Waals surface area contributed by atoms with Crippen molar-refractivity contribution in [2.45, 2.75) is 0 Å². The van der Waals surface area contributed by atoms with Gasteiger partial charge in [0.15, 0.2) is 4.99 Å². The minimum absolute atomic E-state index is 0.286. The highest BCUT2D eigenvalue weighted by molar-refractivity contribution is 9.11. The number of hydrogen-bond acceptors (Lipinski definition) is 3. The Morgan fingerprint density at radius 2 is 1.75 bits per heavy atom. The van der Waals surface area contributed by atoms with Crippen LogP contribution in [-0.4, -0.2) is 42.1 Å². The van der Waals surface area contributed by atoms with Gasteiger partial charge in [-0.25, -0.2) is 0 Å². The third-order valence-electron chi connectivity index (χ3n) is 2.74. The van der Waals surface area contributed by atoms with Gasteiger partial charge in [0, 0.05) is 26.5 Å². The van der Waals surface area contributed by atoms with Crippen LogP contribution < -0.4 is 5.32 Å². The molecule has 0 radical (unpaired) electrons. The van der Waals surface area contributed by atoms with Gasteiger partial charge in [0.05, 0.1) is 18.9 Å². The highest BCUT2D eigenvalue weighted by Gasteiger charge is 2.21. The number of halogens is 3. The third kappa shape index (κ3) is 4.00. The molecule has 2 rings (SSSR count). The summed E-state index contributed by atoms with van der Waals surface area (Å²) in [5.41, 5.74) is 0.661. The van der Waals surface area contributed by atoms with Gasteiger partial charge in [0.1, 0.15) is 0 Å². The Hall–Kier alpha value is -0.0200. The van der Waals surface area contributed by atoms with Crippen LogP contribution in [0.15, 0.2) is 25.6 Å². The fraction of sp³-hybridized carbons (Fsp3) is 0.333. The van der Waals surface area contributed by atoms with Gasteiger partial charge in [0.25, 0.3) is 5.91 Å². The molecule has 8 heteroatoms. The Kier molecular flexibility index (Phi) is 5.97. The zero-order chi connectivity index (χ0) is 14.7. The first-order valence-corrected chi connectivity index (χ1v) is 8.60. The van der Waals surface area contributed by atoms with Gasteiger partial charge in [-0.3, -0.25) is 4.79 Å². The van der Waals surface area contributed by atoms with Crippen LogP contribution in [0.4, 0.5) is 5.69 Å². The van der Waals surface area contributed by atoms with E-state index in [4.69, 9.17) is 17.0 Å². The molecular formula is C12H11Br3N2O2S. The maximum absolute atomic E-state index is 12.2. The van der Waals surface area contributed by atoms with E-state index in [9.17, 15) is 4.79 Å². The van der Waals surface area contributed by atoms with Gasteiger partial charge in [-0.1, -0.05) is 28.1 Å². The van der Waals surface area contributed by atoms with Gasteiger partial charge in [0.2, 0.25) is 0 Å². The fourth-order valence-corrected chi connectivity index (χ4v) is 4.43. The summed E-state index contributed by atoms with van der Waals surface area (Å²) in [7, 11) is 0. The molecule has 0 unspecified atom stereocenters. The van der Waals surface area contributed by atoms with Crippen LogP contribution in [0.1, 0.15) is 0 Å². The third-order valence-corrected chi connectivity index (χ3v) is 4.89. The highest BCUT2D eigenvalue weighted by atomic mass is 79.9. The van der Waals surface area contributed by atoms with Crippen molar-refractivity contribution >= 4 is 76.6 Å². The lowest BCUT2D eigenvalue weighted by Crippen LogP contribution is -2.44. The second-order valence-electron chi connectivity index (χ2n) is 4.10. The number of carbonyl (C=O) groups excluding carboxylic acids is 1. The molecule has 1 heterocycles. The largest absolute Gasteiger partial charge is 0.378 e. The minimum atomic E-state index is -0.286. The van der Waals surface area contributed by atoms with E-state index in [0.717, 1.165) is 13.4 Å². The van der Waals surface area contributed by atoms with Crippen LogP contribution in [0.3, 0.4) is 0 Å². The quantitative estimate of drug-likeness (QED) is 0.616. The standard InChI is InChI=1S/C12H11Br3N2O2S/c13-7-5-8(14)10(9(15)6-7)16-11(18)12(20)17-1-3-19-4-2-17/h5-6H,1-4H2,(H,16,18). The summed E-state index contributed by atoms with van der Waals surface area (Å²) >= 11 is 15.5. The van der Waals surface area contributed by atoms with Crippen LogP contribution in [0, 0.1) is 0 Å². The molecule has 108 valence electrons. The van der Waals surface area contributed by atoms with Crippen LogP contribution >= 0.6 is 60.0 Å². The molecule has 1 fully saturated rings. The van der Waals surface area contributed by atoms with E-state index < -0.39 is 0 Å². The minimum Gasteiger partial charge on any atom is -0.378 e. The van der Waals surface area contributed by atoms with Crippen molar-refractivity contribution in [3.05, 3.63) is 25.6 Å². The summed E-state index contributed by atoms with van der Waals surface area (Å²) in [6.07, 6.45) is 0. The second-order valence-corrected chi connectivity index (χ2v) is 7.11. The Bertz CT molecular complexity index is 524. The van der Waals surface area contributed by atoms with Crippen molar-refractivity contribution in [1.82, 2.24) is 4.90 Å². The van der Waals surface area contributed by atoms with Crippen molar-refractivity contribution in [2.75, 3.05) is 31.6 Å². The molecule has 1 aliphatic heterocycles. The Balaban J connectivity index is 2.09. The van der Waals surface area contributed by atoms with E-state index in [2.05, 4.69) is 53.1 Å². The average molecular weight is 487 g/mol. The van der Waals surface area contributed by atoms with Crippen molar-refractivity contribution in [2.24, 2.45) is 0 Å². The average Bonchev–Trinajstić information content (AvgIpc) is 2.42. The molecule has 1 aliphatic rings. The second kappa shape index (κ2) is 7.31. The molecule has 0 spiro atoms. The summed E-state index contributed by atoms with van der Waals surface area (Å²) < 4.78 is 7.70. The van der Waals surface area contributed by atoms with E-state index in [1.54, 1.807) is 0 Å². The molecule has 1 aromatic rings. The van der Waals surface area contributed by atoms with E-state index in [-0.39, 0.29) is 10.9 Å². The SMILES string of the molecule is O=C(Nc1c(Br)cc(Br)cc1Br)C(=S)N1CCOCC1. The number of nitrogens with one attached hydrogen (secondary N) is 1. The first-order valence-electron chi connectivity index (χ1n) is 5.81. The number of carbonyl (C=O) groups is 1. The normalized spacial score (nSPS) is 15.1. The molecule has 1 aromatic carbocycles. The summed E-state index contributed by atoms with van der Waals surface area (Å²) in [6, 6.07) is 3.72. The van der Waals surface area contributed by atoms with Crippen molar-refractivity contribution in [3.8, 4) is 0 Å². The number of anilines is 1. The number of ether oxygens (including phenoxy) is 1. The molecular weight excluding hydrogens is 476 g/mol. The molecule has 0 atom stereocenters. The molecule has 1 amide bonds. The Labute approximate surface area is 147 Å². The van der Waals surface area contributed by atoms with E-state index >= 15 is 0 Å². The van der Waals surface area contributed by atoms with E-state index in [1.807, 2.05) is 17.0 Å². The molecule has 0 saturated carbocycles. The first kappa shape index (κ1) is 16.4. The number of morpholine rings is 1. The lowest BCUT2D eigenvalue weighted by molar-refractivity contribution is -0.111. The lowest BCUT2D eigenvalue weighted by atomic mass is 10.3. The van der Waals surface area contributed by atoms with Crippen molar-refractivity contribution in [1.29, 1.82) is 0 Å². The monoisotopic (exact) mass is 484 g/mol. The fourth-order valence-electron chi connectivity index (χ4n) is 1.74. The number of benzene rings is 1. The highest BCUT2D eigenvalue weighted by Crippen LogP contribution is 2.34. The zero-order valence-electron chi connectivity index (χ0n) is 10.3. The number of amides is 1. The molecule has 20 heavy (non-hydrogen) atoms. The smallest absolute Gasteiger partial charge is 0.283 e. The van der Waals surface area contributed by atoms with Gasteiger partial charge < -0.3 is 15.0 Å². The number of thiocarbonyl (C=S) groups is 1. The topological polar surface area (TPSA) is 41.6 Å². The number of rotatable bonds is 1. The number of hydrogen-bond donors (Lipinski definition) is 1. The van der Waals surface area contributed by atoms with E-state index in [0.29, 0.717) is 32.0 Å². The molecule has 0 bridgehead atoms. The molecule has 0 aliphatic carbocycles. The first-order chi connectivity index (χ1) is 9.49. The maximum Gasteiger partial charge on any atom is 0.283 e.